The average Bonchev–Trinajstić information content (AvgIpc) is 2.24. The van der Waals surface area contributed by atoms with E-state index in [-0.39, 0.29) is 10.6 Å². The zero-order valence-electron chi connectivity index (χ0n) is 10.5. The highest BCUT2D eigenvalue weighted by atomic mass is 32.2. The van der Waals surface area contributed by atoms with Gasteiger partial charge in [-0.3, -0.25) is 0 Å². The minimum absolute atomic E-state index is 0.223. The van der Waals surface area contributed by atoms with Gasteiger partial charge in [-0.15, -0.1) is 0 Å². The molecule has 0 aliphatic rings. The second-order valence-corrected chi connectivity index (χ2v) is 5.83. The van der Waals surface area contributed by atoms with Crippen molar-refractivity contribution in [1.82, 2.24) is 4.90 Å². The molecule has 102 valence electrons. The van der Waals surface area contributed by atoms with Crippen molar-refractivity contribution in [1.29, 1.82) is 0 Å². The van der Waals surface area contributed by atoms with Gasteiger partial charge in [0, 0.05) is 6.54 Å². The molecule has 0 atom stereocenters. The number of hydrogen-bond donors (Lipinski definition) is 2. The van der Waals surface area contributed by atoms with Crippen LogP contribution in [0, 0.1) is 5.82 Å². The highest BCUT2D eigenvalue weighted by Crippen LogP contribution is 2.17. The molecule has 1 aromatic carbocycles. The summed E-state index contributed by atoms with van der Waals surface area (Å²) in [5.74, 6) is -0.619. The number of sulfonamides is 1. The lowest BCUT2D eigenvalue weighted by atomic mass is 10.3. The van der Waals surface area contributed by atoms with Crippen LogP contribution in [0.4, 0.5) is 10.1 Å². The van der Waals surface area contributed by atoms with Crippen LogP contribution in [0.2, 0.25) is 0 Å². The molecular formula is C11H18FN3O2S. The molecule has 0 spiro atoms. The SMILES string of the molecule is CN(C)CCCNc1ccc(S(N)(=O)=O)cc1F. The van der Waals surface area contributed by atoms with Crippen molar-refractivity contribution in [3.8, 4) is 0 Å². The molecule has 0 aromatic heterocycles. The maximum Gasteiger partial charge on any atom is 0.238 e. The van der Waals surface area contributed by atoms with Crippen LogP contribution in [0.15, 0.2) is 23.1 Å². The lowest BCUT2D eigenvalue weighted by Gasteiger charge is -2.11. The molecule has 18 heavy (non-hydrogen) atoms. The van der Waals surface area contributed by atoms with Crippen LogP contribution in [0.25, 0.3) is 0 Å². The summed E-state index contributed by atoms with van der Waals surface area (Å²) >= 11 is 0. The number of anilines is 1. The molecule has 1 aromatic rings. The second kappa shape index (κ2) is 6.12. The Morgan fingerprint density at radius 3 is 2.56 bits per heavy atom. The predicted octanol–water partition coefficient (Wildman–Crippen LogP) is 0.837. The number of nitrogens with one attached hydrogen (secondary N) is 1. The van der Waals surface area contributed by atoms with Crippen molar-refractivity contribution in [2.75, 3.05) is 32.5 Å². The lowest BCUT2D eigenvalue weighted by Crippen LogP contribution is -2.17. The van der Waals surface area contributed by atoms with E-state index in [1.54, 1.807) is 0 Å². The van der Waals surface area contributed by atoms with Crippen LogP contribution in [0.1, 0.15) is 6.42 Å². The Bertz CT molecular complexity index is 503. The molecule has 0 aliphatic carbocycles. The van der Waals surface area contributed by atoms with Crippen molar-refractivity contribution in [3.05, 3.63) is 24.0 Å². The van der Waals surface area contributed by atoms with E-state index in [2.05, 4.69) is 5.32 Å². The first-order valence-corrected chi connectivity index (χ1v) is 7.06. The first-order chi connectivity index (χ1) is 8.30. The second-order valence-electron chi connectivity index (χ2n) is 4.27. The molecular weight excluding hydrogens is 257 g/mol. The van der Waals surface area contributed by atoms with Crippen LogP contribution in [0.3, 0.4) is 0 Å². The molecule has 0 bridgehead atoms. The molecule has 0 amide bonds. The van der Waals surface area contributed by atoms with Gasteiger partial charge in [0.1, 0.15) is 5.82 Å². The fourth-order valence-corrected chi connectivity index (χ4v) is 1.96. The number of hydrogen-bond acceptors (Lipinski definition) is 4. The van der Waals surface area contributed by atoms with Crippen LogP contribution >= 0.6 is 0 Å². The van der Waals surface area contributed by atoms with Crippen LogP contribution in [0.5, 0.6) is 0 Å². The summed E-state index contributed by atoms with van der Waals surface area (Å²) in [6, 6.07) is 3.58. The summed E-state index contributed by atoms with van der Waals surface area (Å²) in [7, 11) is 0.0667. The Morgan fingerprint density at radius 2 is 2.06 bits per heavy atom. The van der Waals surface area contributed by atoms with Crippen molar-refractivity contribution in [3.63, 3.8) is 0 Å². The maximum absolute atomic E-state index is 13.6. The maximum atomic E-state index is 13.6. The lowest BCUT2D eigenvalue weighted by molar-refractivity contribution is 0.405. The van der Waals surface area contributed by atoms with Crippen LogP contribution in [-0.2, 0) is 10.0 Å². The number of halogens is 1. The Labute approximate surface area is 107 Å². The van der Waals surface area contributed by atoms with Gasteiger partial charge in [-0.05, 0) is 45.3 Å². The summed E-state index contributed by atoms with van der Waals surface area (Å²) in [4.78, 5) is 1.81. The van der Waals surface area contributed by atoms with Gasteiger partial charge < -0.3 is 10.2 Å². The van der Waals surface area contributed by atoms with E-state index in [9.17, 15) is 12.8 Å². The first-order valence-electron chi connectivity index (χ1n) is 5.51. The van der Waals surface area contributed by atoms with Crippen molar-refractivity contribution in [2.45, 2.75) is 11.3 Å². The standard InChI is InChI=1S/C11H18FN3O2S/c1-15(2)7-3-6-14-11-5-4-9(8-10(11)12)18(13,16)17/h4-5,8,14H,3,6-7H2,1-2H3,(H2,13,16,17). The quantitative estimate of drug-likeness (QED) is 0.754. The van der Waals surface area contributed by atoms with Gasteiger partial charge in [0.2, 0.25) is 10.0 Å². The highest BCUT2D eigenvalue weighted by molar-refractivity contribution is 7.89. The van der Waals surface area contributed by atoms with Crippen LogP contribution < -0.4 is 10.5 Å². The van der Waals surface area contributed by atoms with Gasteiger partial charge in [0.05, 0.1) is 10.6 Å². The van der Waals surface area contributed by atoms with E-state index in [4.69, 9.17) is 5.14 Å². The summed E-state index contributed by atoms with van der Waals surface area (Å²) in [5, 5.41) is 7.82. The van der Waals surface area contributed by atoms with Crippen LogP contribution in [-0.4, -0.2) is 40.5 Å². The van der Waals surface area contributed by atoms with Crippen molar-refractivity contribution < 1.29 is 12.8 Å². The zero-order valence-corrected chi connectivity index (χ0v) is 11.3. The number of benzene rings is 1. The molecule has 0 heterocycles. The minimum Gasteiger partial charge on any atom is -0.383 e. The Kier molecular flexibility index (Phi) is 5.06. The topological polar surface area (TPSA) is 75.4 Å². The number of nitrogens with two attached hydrogens (primary N) is 1. The van der Waals surface area contributed by atoms with E-state index in [0.717, 1.165) is 19.0 Å². The zero-order chi connectivity index (χ0) is 13.8. The van der Waals surface area contributed by atoms with Gasteiger partial charge >= 0.3 is 0 Å². The summed E-state index contributed by atoms with van der Waals surface area (Å²) in [5.41, 5.74) is 0.279. The Balaban J connectivity index is 2.64. The monoisotopic (exact) mass is 275 g/mol. The minimum atomic E-state index is -3.85. The summed E-state index contributed by atoms with van der Waals surface area (Å²) < 4.78 is 35.6. The van der Waals surface area contributed by atoms with E-state index in [0.29, 0.717) is 6.54 Å². The van der Waals surface area contributed by atoms with Crippen molar-refractivity contribution in [2.24, 2.45) is 5.14 Å². The normalized spacial score (nSPS) is 11.8. The molecule has 0 unspecified atom stereocenters. The van der Waals surface area contributed by atoms with Gasteiger partial charge in [-0.2, -0.15) is 0 Å². The van der Waals surface area contributed by atoms with E-state index < -0.39 is 15.8 Å². The average molecular weight is 275 g/mol. The number of primary sulfonamides is 1. The molecule has 0 radical (unpaired) electrons. The molecule has 7 heteroatoms. The molecule has 0 saturated carbocycles. The van der Waals surface area contributed by atoms with Gasteiger partial charge in [-0.1, -0.05) is 0 Å². The molecule has 3 N–H and O–H groups in total. The molecule has 1 rings (SSSR count). The Hall–Kier alpha value is -1.18. The largest absolute Gasteiger partial charge is 0.383 e. The van der Waals surface area contributed by atoms with E-state index >= 15 is 0 Å². The molecule has 0 fully saturated rings. The number of nitrogens with zero attached hydrogens (tertiary/aromatic N) is 1. The summed E-state index contributed by atoms with van der Waals surface area (Å²) in [6.45, 7) is 1.51. The first kappa shape index (κ1) is 14.9. The third-order valence-corrected chi connectivity index (χ3v) is 3.28. The third-order valence-electron chi connectivity index (χ3n) is 2.37. The van der Waals surface area contributed by atoms with Crippen molar-refractivity contribution >= 4 is 15.7 Å². The molecule has 5 nitrogen and oxygen atoms in total. The predicted molar refractivity (Wildman–Crippen MR) is 69.4 cm³/mol. The fraction of sp³-hybridized carbons (Fsp3) is 0.455. The number of rotatable bonds is 6. The summed E-state index contributed by atoms with van der Waals surface area (Å²) in [6.07, 6.45) is 0.864. The Morgan fingerprint density at radius 1 is 1.39 bits per heavy atom. The van der Waals surface area contributed by atoms with E-state index in [1.165, 1.54) is 12.1 Å². The van der Waals surface area contributed by atoms with Gasteiger partial charge in [0.25, 0.3) is 0 Å². The highest BCUT2D eigenvalue weighted by Gasteiger charge is 2.11. The molecule has 0 aliphatic heterocycles. The molecule has 0 saturated heterocycles. The smallest absolute Gasteiger partial charge is 0.238 e. The van der Waals surface area contributed by atoms with Gasteiger partial charge in [-0.25, -0.2) is 17.9 Å². The van der Waals surface area contributed by atoms with E-state index in [1.807, 2.05) is 19.0 Å². The third kappa shape index (κ3) is 4.59. The fourth-order valence-electron chi connectivity index (χ4n) is 1.43. The van der Waals surface area contributed by atoms with Gasteiger partial charge in [0.15, 0.2) is 0 Å².